The monoisotopic (exact) mass is 268 g/mol. The molecule has 0 fully saturated rings. The third kappa shape index (κ3) is 2.84. The van der Waals surface area contributed by atoms with Gasteiger partial charge in [0.25, 0.3) is 0 Å². The van der Waals surface area contributed by atoms with Gasteiger partial charge in [0, 0.05) is 6.20 Å². The Hall–Kier alpha value is -1.94. The molecule has 0 saturated carbocycles. The minimum absolute atomic E-state index is 0.0285. The quantitative estimate of drug-likeness (QED) is 0.747. The van der Waals surface area contributed by atoms with Gasteiger partial charge in [-0.2, -0.15) is 5.26 Å². The lowest BCUT2D eigenvalue weighted by Crippen LogP contribution is -2.15. The lowest BCUT2D eigenvalue weighted by molar-refractivity contribution is 0.0589. The Morgan fingerprint density at radius 1 is 1.56 bits per heavy atom. The number of methoxy groups -OCH3 is 1. The van der Waals surface area contributed by atoms with Gasteiger partial charge in [0.05, 0.1) is 25.4 Å². The maximum Gasteiger partial charge on any atom is 0.358 e. The number of aromatic nitrogens is 1. The maximum atomic E-state index is 11.9. The number of sulfone groups is 1. The van der Waals surface area contributed by atoms with Crippen LogP contribution in [0.15, 0.2) is 17.2 Å². The van der Waals surface area contributed by atoms with E-state index >= 15 is 0 Å². The van der Waals surface area contributed by atoms with Crippen LogP contribution >= 0.6 is 0 Å². The normalized spacial score (nSPS) is 10.7. The van der Waals surface area contributed by atoms with E-state index in [0.717, 1.165) is 7.11 Å². The largest absolute Gasteiger partial charge is 0.464 e. The van der Waals surface area contributed by atoms with E-state index in [9.17, 15) is 13.2 Å². The zero-order valence-corrected chi connectivity index (χ0v) is 10.8. The molecule has 0 aliphatic carbocycles. The van der Waals surface area contributed by atoms with Crippen molar-refractivity contribution in [1.29, 1.82) is 5.26 Å². The van der Waals surface area contributed by atoms with Gasteiger partial charge in [-0.15, -0.1) is 0 Å². The summed E-state index contributed by atoms with van der Waals surface area (Å²) in [6, 6.07) is 3.19. The summed E-state index contributed by atoms with van der Waals surface area (Å²) in [7, 11) is -2.45. The SMILES string of the molecule is CCS(=O)(=O)c1cc(CC#N)cnc1C(=O)OC. The smallest absolute Gasteiger partial charge is 0.358 e. The first-order valence-electron chi connectivity index (χ1n) is 5.13. The second-order valence-electron chi connectivity index (χ2n) is 3.42. The summed E-state index contributed by atoms with van der Waals surface area (Å²) in [5.41, 5.74) is 0.193. The molecule has 96 valence electrons. The molecule has 6 nitrogen and oxygen atoms in total. The minimum atomic E-state index is -3.60. The Morgan fingerprint density at radius 3 is 2.72 bits per heavy atom. The van der Waals surface area contributed by atoms with Gasteiger partial charge in [0.2, 0.25) is 0 Å². The number of ether oxygens (including phenoxy) is 1. The average Bonchev–Trinajstić information content (AvgIpc) is 2.38. The van der Waals surface area contributed by atoms with E-state index < -0.39 is 15.8 Å². The third-order valence-corrected chi connectivity index (χ3v) is 4.03. The Bertz CT molecular complexity index is 602. The summed E-state index contributed by atoms with van der Waals surface area (Å²) in [6.45, 7) is 1.47. The van der Waals surface area contributed by atoms with Crippen molar-refractivity contribution >= 4 is 15.8 Å². The van der Waals surface area contributed by atoms with Crippen molar-refractivity contribution in [1.82, 2.24) is 4.98 Å². The summed E-state index contributed by atoms with van der Waals surface area (Å²) in [4.78, 5) is 15.0. The molecule has 1 aromatic heterocycles. The molecule has 0 unspecified atom stereocenters. The summed E-state index contributed by atoms with van der Waals surface area (Å²) in [5, 5.41) is 8.58. The van der Waals surface area contributed by atoms with Gasteiger partial charge < -0.3 is 4.74 Å². The molecule has 0 radical (unpaired) electrons. The highest BCUT2D eigenvalue weighted by Gasteiger charge is 2.23. The van der Waals surface area contributed by atoms with Crippen LogP contribution in [0.2, 0.25) is 0 Å². The highest BCUT2D eigenvalue weighted by molar-refractivity contribution is 7.91. The van der Waals surface area contributed by atoms with E-state index in [4.69, 9.17) is 5.26 Å². The number of pyridine rings is 1. The molecule has 0 N–H and O–H groups in total. The number of nitriles is 1. The molecule has 0 bridgehead atoms. The molecule has 0 amide bonds. The summed E-state index contributed by atoms with van der Waals surface area (Å²) < 4.78 is 28.2. The van der Waals surface area contributed by atoms with Gasteiger partial charge in [-0.25, -0.2) is 18.2 Å². The van der Waals surface area contributed by atoms with Crippen LogP contribution in [0.4, 0.5) is 0 Å². The Labute approximate surface area is 105 Å². The number of nitrogens with zero attached hydrogens (tertiary/aromatic N) is 2. The van der Waals surface area contributed by atoms with E-state index in [-0.39, 0.29) is 22.8 Å². The van der Waals surface area contributed by atoms with Crippen LogP contribution in [0.1, 0.15) is 23.0 Å². The van der Waals surface area contributed by atoms with Crippen LogP contribution in [0, 0.1) is 11.3 Å². The fraction of sp³-hybridized carbons (Fsp3) is 0.364. The number of rotatable bonds is 4. The molecule has 18 heavy (non-hydrogen) atoms. The second-order valence-corrected chi connectivity index (χ2v) is 5.67. The number of hydrogen-bond donors (Lipinski definition) is 0. The standard InChI is InChI=1S/C11H12N2O4S/c1-3-18(15,16)9-6-8(4-5-12)7-13-10(9)11(14)17-2/h6-7H,3-4H2,1-2H3. The molecule has 0 aromatic carbocycles. The van der Waals surface area contributed by atoms with Crippen molar-refractivity contribution in [2.45, 2.75) is 18.2 Å². The van der Waals surface area contributed by atoms with Crippen molar-refractivity contribution in [3.05, 3.63) is 23.5 Å². The minimum Gasteiger partial charge on any atom is -0.464 e. The van der Waals surface area contributed by atoms with E-state index in [1.807, 2.05) is 6.07 Å². The molecular weight excluding hydrogens is 256 g/mol. The molecule has 7 heteroatoms. The van der Waals surface area contributed by atoms with Crippen LogP contribution in [0.3, 0.4) is 0 Å². The van der Waals surface area contributed by atoms with Gasteiger partial charge in [-0.3, -0.25) is 0 Å². The number of esters is 1. The molecule has 1 rings (SSSR count). The first kappa shape index (κ1) is 14.1. The number of carbonyl (C=O) groups is 1. The van der Waals surface area contributed by atoms with Crippen LogP contribution in [-0.4, -0.2) is 32.2 Å². The molecule has 0 aliphatic heterocycles. The molecule has 0 saturated heterocycles. The molecule has 0 aliphatic rings. The zero-order chi connectivity index (χ0) is 13.8. The molecular formula is C11H12N2O4S. The second kappa shape index (κ2) is 5.60. The van der Waals surface area contributed by atoms with Crippen molar-refractivity contribution in [2.75, 3.05) is 12.9 Å². The van der Waals surface area contributed by atoms with Crippen LogP contribution in [0.25, 0.3) is 0 Å². The highest BCUT2D eigenvalue weighted by atomic mass is 32.2. The fourth-order valence-electron chi connectivity index (χ4n) is 1.32. The van der Waals surface area contributed by atoms with E-state index in [0.29, 0.717) is 5.56 Å². The van der Waals surface area contributed by atoms with E-state index in [1.54, 1.807) is 0 Å². The average molecular weight is 268 g/mol. The van der Waals surface area contributed by atoms with Crippen molar-refractivity contribution in [2.24, 2.45) is 0 Å². The summed E-state index contributed by atoms with van der Waals surface area (Å²) in [5.74, 6) is -0.972. The Kier molecular flexibility index (Phi) is 4.39. The van der Waals surface area contributed by atoms with E-state index in [2.05, 4.69) is 9.72 Å². The van der Waals surface area contributed by atoms with Crippen molar-refractivity contribution in [3.8, 4) is 6.07 Å². The number of hydrogen-bond acceptors (Lipinski definition) is 6. The maximum absolute atomic E-state index is 11.9. The van der Waals surface area contributed by atoms with Gasteiger partial charge in [0.1, 0.15) is 4.90 Å². The highest BCUT2D eigenvalue weighted by Crippen LogP contribution is 2.18. The first-order valence-corrected chi connectivity index (χ1v) is 6.78. The van der Waals surface area contributed by atoms with Gasteiger partial charge in [-0.05, 0) is 11.6 Å². The predicted molar refractivity (Wildman–Crippen MR) is 62.6 cm³/mol. The van der Waals surface area contributed by atoms with Crippen LogP contribution < -0.4 is 0 Å². The van der Waals surface area contributed by atoms with Gasteiger partial charge >= 0.3 is 5.97 Å². The lowest BCUT2D eigenvalue weighted by atomic mass is 10.2. The van der Waals surface area contributed by atoms with Crippen LogP contribution in [0.5, 0.6) is 0 Å². The van der Waals surface area contributed by atoms with Gasteiger partial charge in [0.15, 0.2) is 15.5 Å². The molecule has 0 atom stereocenters. The van der Waals surface area contributed by atoms with Crippen LogP contribution in [-0.2, 0) is 21.0 Å². The predicted octanol–water partition coefficient (Wildman–Crippen LogP) is 0.728. The summed E-state index contributed by atoms with van der Waals surface area (Å²) in [6.07, 6.45) is 1.32. The Balaban J connectivity index is 3.46. The van der Waals surface area contributed by atoms with Crippen molar-refractivity contribution < 1.29 is 17.9 Å². The zero-order valence-electron chi connectivity index (χ0n) is 10.0. The first-order chi connectivity index (χ1) is 8.46. The van der Waals surface area contributed by atoms with Crippen molar-refractivity contribution in [3.63, 3.8) is 0 Å². The molecule has 1 heterocycles. The van der Waals surface area contributed by atoms with E-state index in [1.165, 1.54) is 19.2 Å². The summed E-state index contributed by atoms with van der Waals surface area (Å²) >= 11 is 0. The fourth-order valence-corrected chi connectivity index (χ4v) is 2.39. The Morgan fingerprint density at radius 2 is 2.22 bits per heavy atom. The van der Waals surface area contributed by atoms with Gasteiger partial charge in [-0.1, -0.05) is 6.92 Å². The third-order valence-electron chi connectivity index (χ3n) is 2.29. The topological polar surface area (TPSA) is 97.1 Å². The molecule has 0 spiro atoms. The number of carbonyl (C=O) groups excluding carboxylic acids is 1. The molecule has 1 aromatic rings. The lowest BCUT2D eigenvalue weighted by Gasteiger charge is -2.08.